The number of benzene rings is 1. The third-order valence-corrected chi connectivity index (χ3v) is 2.22. The van der Waals surface area contributed by atoms with Gasteiger partial charge in [0.15, 0.2) is 0 Å². The highest BCUT2D eigenvalue weighted by Crippen LogP contribution is 2.16. The molecule has 0 radical (unpaired) electrons. The Morgan fingerprint density at radius 2 is 2.16 bits per heavy atom. The number of methoxy groups -OCH3 is 1. The van der Waals surface area contributed by atoms with Gasteiger partial charge >= 0.3 is 11.9 Å². The lowest BCUT2D eigenvalue weighted by Crippen LogP contribution is -2.05. The molecule has 0 aliphatic rings. The first kappa shape index (κ1) is 14.5. The number of esters is 2. The van der Waals surface area contributed by atoms with E-state index in [1.54, 1.807) is 37.3 Å². The van der Waals surface area contributed by atoms with Crippen LogP contribution in [0.4, 0.5) is 0 Å². The molecule has 0 saturated carbocycles. The normalized spacial score (nSPS) is 10.5. The second-order valence-electron chi connectivity index (χ2n) is 3.56. The van der Waals surface area contributed by atoms with Gasteiger partial charge < -0.3 is 9.47 Å². The van der Waals surface area contributed by atoms with Crippen LogP contribution in [0.15, 0.2) is 29.8 Å². The zero-order chi connectivity index (χ0) is 14.3. The summed E-state index contributed by atoms with van der Waals surface area (Å²) in [6.45, 7) is 1.69. The van der Waals surface area contributed by atoms with Crippen molar-refractivity contribution in [3.05, 3.63) is 35.4 Å². The molecule has 0 aliphatic carbocycles. The zero-order valence-electron chi connectivity index (χ0n) is 10.7. The number of carbonyl (C=O) groups is 2. The molecule has 0 aromatic heterocycles. The van der Waals surface area contributed by atoms with Crippen molar-refractivity contribution in [1.82, 2.24) is 0 Å². The number of hydrogen-bond donors (Lipinski definition) is 0. The molecule has 5 nitrogen and oxygen atoms in total. The van der Waals surface area contributed by atoms with Gasteiger partial charge in [-0.15, -0.1) is 0 Å². The molecule has 19 heavy (non-hydrogen) atoms. The van der Waals surface area contributed by atoms with Gasteiger partial charge in [-0.05, 0) is 23.8 Å². The Morgan fingerprint density at radius 3 is 2.74 bits per heavy atom. The van der Waals surface area contributed by atoms with Crippen molar-refractivity contribution in [2.45, 2.75) is 13.3 Å². The monoisotopic (exact) mass is 259 g/mol. The van der Waals surface area contributed by atoms with Gasteiger partial charge in [-0.3, -0.25) is 4.79 Å². The molecule has 0 heterocycles. The van der Waals surface area contributed by atoms with Crippen LogP contribution in [0.25, 0.3) is 6.08 Å². The van der Waals surface area contributed by atoms with Gasteiger partial charge in [0.1, 0.15) is 17.4 Å². The molecule has 1 aromatic carbocycles. The fourth-order valence-electron chi connectivity index (χ4n) is 1.28. The summed E-state index contributed by atoms with van der Waals surface area (Å²) in [5, 5.41) is 8.84. The summed E-state index contributed by atoms with van der Waals surface area (Å²) in [5.41, 5.74) is 0.449. The number of ether oxygens (including phenoxy) is 2. The fourth-order valence-corrected chi connectivity index (χ4v) is 1.28. The lowest BCUT2D eigenvalue weighted by Gasteiger charge is -2.03. The van der Waals surface area contributed by atoms with Gasteiger partial charge in [0.05, 0.1) is 7.11 Å². The van der Waals surface area contributed by atoms with Crippen LogP contribution >= 0.6 is 0 Å². The maximum absolute atomic E-state index is 11.3. The quantitative estimate of drug-likeness (QED) is 0.358. The third-order valence-electron chi connectivity index (χ3n) is 2.22. The van der Waals surface area contributed by atoms with Gasteiger partial charge in [0.25, 0.3) is 0 Å². The largest absolute Gasteiger partial charge is 0.465 e. The van der Waals surface area contributed by atoms with Crippen molar-refractivity contribution in [2.24, 2.45) is 0 Å². The highest BCUT2D eigenvalue weighted by atomic mass is 16.5. The van der Waals surface area contributed by atoms with E-state index in [9.17, 15) is 9.59 Å². The molecule has 98 valence electrons. The Balaban J connectivity index is 2.99. The molecule has 0 bridgehead atoms. The Labute approximate surface area is 111 Å². The van der Waals surface area contributed by atoms with E-state index in [-0.39, 0.29) is 18.0 Å². The first-order valence-corrected chi connectivity index (χ1v) is 5.61. The van der Waals surface area contributed by atoms with E-state index < -0.39 is 5.97 Å². The topological polar surface area (TPSA) is 76.4 Å². The van der Waals surface area contributed by atoms with Crippen molar-refractivity contribution in [1.29, 1.82) is 5.26 Å². The number of nitriles is 1. The lowest BCUT2D eigenvalue weighted by molar-refractivity contribution is -0.135. The Bertz CT molecular complexity index is 555. The average Bonchev–Trinajstić information content (AvgIpc) is 2.44. The van der Waals surface area contributed by atoms with E-state index in [1.807, 2.05) is 0 Å². The van der Waals surface area contributed by atoms with Crippen molar-refractivity contribution in [2.75, 3.05) is 7.11 Å². The molecule has 0 aliphatic heterocycles. The van der Waals surface area contributed by atoms with Crippen molar-refractivity contribution >= 4 is 18.0 Å². The van der Waals surface area contributed by atoms with Crippen molar-refractivity contribution in [3.63, 3.8) is 0 Å². The van der Waals surface area contributed by atoms with E-state index in [1.165, 1.54) is 13.2 Å². The maximum Gasteiger partial charge on any atom is 0.348 e. The van der Waals surface area contributed by atoms with E-state index >= 15 is 0 Å². The minimum atomic E-state index is -0.710. The third kappa shape index (κ3) is 4.28. The molecule has 0 amide bonds. The number of hydrogen-bond acceptors (Lipinski definition) is 5. The molecular weight excluding hydrogens is 246 g/mol. The maximum atomic E-state index is 11.3. The molecule has 0 saturated heterocycles. The van der Waals surface area contributed by atoms with Crippen LogP contribution in [0.1, 0.15) is 18.9 Å². The summed E-state index contributed by atoms with van der Waals surface area (Å²) < 4.78 is 9.51. The van der Waals surface area contributed by atoms with Crippen LogP contribution in [0.5, 0.6) is 5.75 Å². The number of carbonyl (C=O) groups excluding carboxylic acids is 2. The number of nitrogens with zero attached hydrogens (tertiary/aromatic N) is 1. The molecule has 0 fully saturated rings. The van der Waals surface area contributed by atoms with E-state index in [0.29, 0.717) is 11.3 Å². The van der Waals surface area contributed by atoms with Gasteiger partial charge in [0.2, 0.25) is 0 Å². The summed E-state index contributed by atoms with van der Waals surface area (Å²) >= 11 is 0. The Hall–Kier alpha value is -2.61. The SMILES string of the molecule is CCC(=O)Oc1cccc(/C=C(/C#N)C(=O)OC)c1. The number of rotatable bonds is 4. The molecule has 0 atom stereocenters. The average molecular weight is 259 g/mol. The molecule has 1 rings (SSSR count). The minimum Gasteiger partial charge on any atom is -0.465 e. The van der Waals surface area contributed by atoms with Crippen LogP contribution in [-0.4, -0.2) is 19.0 Å². The van der Waals surface area contributed by atoms with Gasteiger partial charge in [-0.1, -0.05) is 19.1 Å². The Kier molecular flexibility index (Phi) is 5.30. The lowest BCUT2D eigenvalue weighted by atomic mass is 10.1. The van der Waals surface area contributed by atoms with E-state index in [2.05, 4.69) is 4.74 Å². The summed E-state index contributed by atoms with van der Waals surface area (Å²) in [7, 11) is 1.20. The molecule has 0 spiro atoms. The van der Waals surface area contributed by atoms with Gasteiger partial charge in [-0.2, -0.15) is 5.26 Å². The van der Waals surface area contributed by atoms with E-state index in [0.717, 1.165) is 0 Å². The molecule has 0 N–H and O–H groups in total. The van der Waals surface area contributed by atoms with Crippen LogP contribution in [0, 0.1) is 11.3 Å². The first-order valence-electron chi connectivity index (χ1n) is 5.61. The molecule has 5 heteroatoms. The fraction of sp³-hybridized carbons (Fsp3) is 0.214. The highest BCUT2D eigenvalue weighted by Gasteiger charge is 2.09. The highest BCUT2D eigenvalue weighted by molar-refractivity contribution is 5.97. The van der Waals surface area contributed by atoms with Gasteiger partial charge in [0, 0.05) is 6.42 Å². The van der Waals surface area contributed by atoms with Crippen molar-refractivity contribution < 1.29 is 19.1 Å². The second kappa shape index (κ2) is 6.97. The smallest absolute Gasteiger partial charge is 0.348 e. The second-order valence-corrected chi connectivity index (χ2v) is 3.56. The van der Waals surface area contributed by atoms with Crippen LogP contribution < -0.4 is 4.74 Å². The predicted octanol–water partition coefficient (Wildman–Crippen LogP) is 2.08. The summed E-state index contributed by atoms with van der Waals surface area (Å²) in [6, 6.07) is 8.28. The minimum absolute atomic E-state index is 0.124. The van der Waals surface area contributed by atoms with Crippen molar-refractivity contribution in [3.8, 4) is 11.8 Å². The standard InChI is InChI=1S/C14H13NO4/c1-3-13(16)19-12-6-4-5-10(8-12)7-11(9-15)14(17)18-2/h4-8H,3H2,1-2H3/b11-7-. The predicted molar refractivity (Wildman–Crippen MR) is 68.0 cm³/mol. The summed E-state index contributed by atoms with van der Waals surface area (Å²) in [6.07, 6.45) is 1.64. The molecular formula is C14H13NO4. The zero-order valence-corrected chi connectivity index (χ0v) is 10.7. The van der Waals surface area contributed by atoms with Crippen LogP contribution in [0.2, 0.25) is 0 Å². The van der Waals surface area contributed by atoms with E-state index in [4.69, 9.17) is 10.00 Å². The van der Waals surface area contributed by atoms with Crippen LogP contribution in [-0.2, 0) is 14.3 Å². The summed E-state index contributed by atoms with van der Waals surface area (Å²) in [5.74, 6) is -0.698. The molecule has 1 aromatic rings. The van der Waals surface area contributed by atoms with Crippen LogP contribution in [0.3, 0.4) is 0 Å². The first-order chi connectivity index (χ1) is 9.10. The summed E-state index contributed by atoms with van der Waals surface area (Å²) in [4.78, 5) is 22.4. The van der Waals surface area contributed by atoms with Gasteiger partial charge in [-0.25, -0.2) is 4.79 Å². The molecule has 0 unspecified atom stereocenters. The Morgan fingerprint density at radius 1 is 1.42 bits per heavy atom.